The minimum atomic E-state index is -1.40. The van der Waals surface area contributed by atoms with Crippen molar-refractivity contribution in [1.82, 2.24) is 0 Å². The number of benzene rings is 3. The van der Waals surface area contributed by atoms with Gasteiger partial charge in [-0.05, 0) is 22.4 Å². The van der Waals surface area contributed by atoms with Crippen LogP contribution in [0.4, 0.5) is 0 Å². The van der Waals surface area contributed by atoms with E-state index in [4.69, 9.17) is 4.74 Å². The number of cyclic esters (lactones) is 1. The van der Waals surface area contributed by atoms with E-state index in [0.29, 0.717) is 11.1 Å². The number of nitrogens with zero attached hydrogens (tertiary/aromatic N) is 1. The topological polar surface area (TPSA) is 50.1 Å². The second-order valence-corrected chi connectivity index (χ2v) is 6.17. The number of carbonyl (C=O) groups is 1. The predicted molar refractivity (Wildman–Crippen MR) is 95.7 cm³/mol. The van der Waals surface area contributed by atoms with Gasteiger partial charge in [-0.2, -0.15) is 5.26 Å². The zero-order valence-corrected chi connectivity index (χ0v) is 13.5. The number of ether oxygens (including phenoxy) is 1. The SMILES string of the molecule is C=C1C(=O)OC(C#N)(c2ccc3ccccc3c2)C1c1ccccc1. The molecule has 0 aliphatic carbocycles. The van der Waals surface area contributed by atoms with E-state index in [2.05, 4.69) is 12.6 Å². The van der Waals surface area contributed by atoms with Gasteiger partial charge in [0.15, 0.2) is 0 Å². The highest BCUT2D eigenvalue weighted by atomic mass is 16.6. The molecule has 1 aliphatic heterocycles. The lowest BCUT2D eigenvalue weighted by atomic mass is 9.76. The quantitative estimate of drug-likeness (QED) is 0.516. The molecule has 2 unspecified atom stereocenters. The average molecular weight is 325 g/mol. The second kappa shape index (κ2) is 5.61. The van der Waals surface area contributed by atoms with E-state index in [-0.39, 0.29) is 0 Å². The van der Waals surface area contributed by atoms with Gasteiger partial charge in [0.1, 0.15) is 6.07 Å². The molecule has 0 aromatic heterocycles. The molecule has 3 nitrogen and oxygen atoms in total. The first-order chi connectivity index (χ1) is 12.2. The molecule has 3 aromatic rings. The maximum absolute atomic E-state index is 12.3. The molecular weight excluding hydrogens is 310 g/mol. The lowest BCUT2D eigenvalue weighted by Gasteiger charge is -2.27. The van der Waals surface area contributed by atoms with E-state index in [1.165, 1.54) is 0 Å². The monoisotopic (exact) mass is 325 g/mol. The number of fused-ring (bicyclic) bond motifs is 1. The average Bonchev–Trinajstić information content (AvgIpc) is 2.93. The van der Waals surface area contributed by atoms with E-state index in [9.17, 15) is 10.1 Å². The van der Waals surface area contributed by atoms with Crippen LogP contribution in [0.2, 0.25) is 0 Å². The van der Waals surface area contributed by atoms with Crippen molar-refractivity contribution in [3.05, 3.63) is 96.1 Å². The molecule has 120 valence electrons. The van der Waals surface area contributed by atoms with Gasteiger partial charge in [-0.25, -0.2) is 4.79 Å². The Labute approximate surface area is 145 Å². The number of rotatable bonds is 2. The van der Waals surface area contributed by atoms with Crippen molar-refractivity contribution in [3.8, 4) is 6.07 Å². The fourth-order valence-electron chi connectivity index (χ4n) is 3.51. The standard InChI is InChI=1S/C22H15NO2/c1-15-20(17-8-3-2-4-9-17)22(14-23,25-21(15)24)19-12-11-16-7-5-6-10-18(16)13-19/h2-13,20H,1H2. The predicted octanol–water partition coefficient (Wildman–Crippen LogP) is 4.46. The summed E-state index contributed by atoms with van der Waals surface area (Å²) in [6, 6.07) is 25.3. The normalized spacial score (nSPS) is 22.6. The summed E-state index contributed by atoms with van der Waals surface area (Å²) in [6.45, 7) is 3.90. The van der Waals surface area contributed by atoms with Crippen molar-refractivity contribution in [3.63, 3.8) is 0 Å². The molecule has 1 saturated heterocycles. The van der Waals surface area contributed by atoms with Crippen LogP contribution in [-0.2, 0) is 15.1 Å². The highest BCUT2D eigenvalue weighted by Crippen LogP contribution is 2.50. The van der Waals surface area contributed by atoms with Gasteiger partial charge in [-0.3, -0.25) is 0 Å². The van der Waals surface area contributed by atoms with Gasteiger partial charge < -0.3 is 4.74 Å². The minimum Gasteiger partial charge on any atom is -0.435 e. The molecule has 2 atom stereocenters. The van der Waals surface area contributed by atoms with Crippen molar-refractivity contribution in [2.75, 3.05) is 0 Å². The second-order valence-electron chi connectivity index (χ2n) is 6.17. The van der Waals surface area contributed by atoms with Gasteiger partial charge in [0.25, 0.3) is 0 Å². The summed E-state index contributed by atoms with van der Waals surface area (Å²) < 4.78 is 5.61. The molecule has 4 rings (SSSR count). The highest BCUT2D eigenvalue weighted by Gasteiger charge is 2.54. The first-order valence-corrected chi connectivity index (χ1v) is 8.03. The molecule has 0 N–H and O–H groups in total. The Hall–Kier alpha value is -3.38. The first kappa shape index (κ1) is 15.2. The molecule has 1 fully saturated rings. The Balaban J connectivity index is 1.95. The van der Waals surface area contributed by atoms with Crippen molar-refractivity contribution >= 4 is 16.7 Å². The Morgan fingerprint density at radius 1 is 0.960 bits per heavy atom. The highest BCUT2D eigenvalue weighted by molar-refractivity contribution is 5.94. The maximum Gasteiger partial charge on any atom is 0.336 e. The lowest BCUT2D eigenvalue weighted by Crippen LogP contribution is -2.30. The van der Waals surface area contributed by atoms with Gasteiger partial charge in [-0.1, -0.05) is 73.3 Å². The lowest BCUT2D eigenvalue weighted by molar-refractivity contribution is -0.143. The van der Waals surface area contributed by atoms with Crippen LogP contribution in [-0.4, -0.2) is 5.97 Å². The molecule has 0 bridgehead atoms. The number of carbonyl (C=O) groups excluding carboxylic acids is 1. The third kappa shape index (κ3) is 2.23. The van der Waals surface area contributed by atoms with E-state index in [1.807, 2.05) is 72.8 Å². The molecule has 0 spiro atoms. The van der Waals surface area contributed by atoms with Gasteiger partial charge in [-0.15, -0.1) is 0 Å². The summed E-state index contributed by atoms with van der Waals surface area (Å²) in [5, 5.41) is 12.1. The molecular formula is C22H15NO2. The van der Waals surface area contributed by atoms with Crippen LogP contribution in [0.15, 0.2) is 84.9 Å². The fourth-order valence-corrected chi connectivity index (χ4v) is 3.51. The smallest absolute Gasteiger partial charge is 0.336 e. The summed E-state index contributed by atoms with van der Waals surface area (Å²) in [6.07, 6.45) is 0. The molecule has 25 heavy (non-hydrogen) atoms. The Kier molecular flexibility index (Phi) is 3.40. The van der Waals surface area contributed by atoms with Crippen molar-refractivity contribution in [1.29, 1.82) is 5.26 Å². The van der Waals surface area contributed by atoms with Crippen LogP contribution in [0.25, 0.3) is 10.8 Å². The Bertz CT molecular complexity index is 1030. The summed E-state index contributed by atoms with van der Waals surface area (Å²) in [5.74, 6) is -1.06. The van der Waals surface area contributed by atoms with Crippen molar-refractivity contribution in [2.24, 2.45) is 0 Å². The molecule has 3 heteroatoms. The van der Waals surface area contributed by atoms with Crippen LogP contribution in [0.1, 0.15) is 17.0 Å². The molecule has 1 aliphatic rings. The van der Waals surface area contributed by atoms with Gasteiger partial charge in [0, 0.05) is 11.1 Å². The van der Waals surface area contributed by atoms with Crippen molar-refractivity contribution in [2.45, 2.75) is 11.5 Å². The number of hydrogen-bond donors (Lipinski definition) is 0. The van der Waals surface area contributed by atoms with Crippen LogP contribution >= 0.6 is 0 Å². The summed E-state index contributed by atoms with van der Waals surface area (Å²) >= 11 is 0. The molecule has 0 amide bonds. The third-order valence-corrected chi connectivity index (χ3v) is 4.75. The molecule has 0 saturated carbocycles. The zero-order chi connectivity index (χ0) is 17.4. The van der Waals surface area contributed by atoms with E-state index in [0.717, 1.165) is 16.3 Å². The summed E-state index contributed by atoms with van der Waals surface area (Å²) in [5.41, 5.74) is 0.406. The summed E-state index contributed by atoms with van der Waals surface area (Å²) in [4.78, 5) is 12.3. The number of nitriles is 1. The third-order valence-electron chi connectivity index (χ3n) is 4.75. The largest absolute Gasteiger partial charge is 0.435 e. The molecule has 0 radical (unpaired) electrons. The van der Waals surface area contributed by atoms with E-state index in [1.54, 1.807) is 0 Å². The summed E-state index contributed by atoms with van der Waals surface area (Å²) in [7, 11) is 0. The molecule has 3 aromatic carbocycles. The van der Waals surface area contributed by atoms with Crippen molar-refractivity contribution < 1.29 is 9.53 Å². The Morgan fingerprint density at radius 2 is 1.64 bits per heavy atom. The minimum absolute atomic E-state index is 0.306. The zero-order valence-electron chi connectivity index (χ0n) is 13.5. The van der Waals surface area contributed by atoms with Gasteiger partial charge >= 0.3 is 5.97 Å². The molecule has 1 heterocycles. The fraction of sp³-hybridized carbons (Fsp3) is 0.0909. The van der Waals surface area contributed by atoms with Crippen LogP contribution in [0.5, 0.6) is 0 Å². The first-order valence-electron chi connectivity index (χ1n) is 8.03. The Morgan fingerprint density at radius 3 is 2.36 bits per heavy atom. The van der Waals surface area contributed by atoms with E-state index >= 15 is 0 Å². The number of esters is 1. The van der Waals surface area contributed by atoms with Gasteiger partial charge in [0.2, 0.25) is 5.60 Å². The van der Waals surface area contributed by atoms with E-state index < -0.39 is 17.5 Å². The van der Waals surface area contributed by atoms with Crippen LogP contribution in [0.3, 0.4) is 0 Å². The number of hydrogen-bond acceptors (Lipinski definition) is 3. The maximum atomic E-state index is 12.3. The van der Waals surface area contributed by atoms with Gasteiger partial charge in [0.05, 0.1) is 5.92 Å². The van der Waals surface area contributed by atoms with Crippen LogP contribution in [0, 0.1) is 11.3 Å². The van der Waals surface area contributed by atoms with Crippen LogP contribution < -0.4 is 0 Å².